The van der Waals surface area contributed by atoms with Crippen LogP contribution in [0.15, 0.2) is 33.6 Å². The molecule has 0 saturated heterocycles. The van der Waals surface area contributed by atoms with Crippen molar-refractivity contribution in [2.24, 2.45) is 0 Å². The number of benzene rings is 1. The first-order chi connectivity index (χ1) is 8.50. The molecule has 4 nitrogen and oxygen atoms in total. The molecule has 1 aliphatic carbocycles. The highest BCUT2D eigenvalue weighted by Crippen LogP contribution is 2.24. The first kappa shape index (κ1) is 14.0. The molecule has 18 heavy (non-hydrogen) atoms. The summed E-state index contributed by atoms with van der Waals surface area (Å²) in [5, 5.41) is 9.81. The van der Waals surface area contributed by atoms with Crippen molar-refractivity contribution in [3.8, 4) is 0 Å². The minimum atomic E-state index is -3.58. The minimum absolute atomic E-state index is 0.211. The number of aliphatic hydroxyl groups excluding tert-OH is 1. The van der Waals surface area contributed by atoms with Gasteiger partial charge in [-0.1, -0.05) is 25.0 Å². The molecule has 2 atom stereocenters. The second-order valence-electron chi connectivity index (χ2n) is 4.51. The maximum atomic E-state index is 12.2. The van der Waals surface area contributed by atoms with Gasteiger partial charge in [0.2, 0.25) is 10.0 Å². The van der Waals surface area contributed by atoms with Crippen molar-refractivity contribution in [1.82, 2.24) is 4.72 Å². The summed E-state index contributed by atoms with van der Waals surface area (Å²) >= 11 is 3.23. The molecule has 6 heteroatoms. The summed E-state index contributed by atoms with van der Waals surface area (Å²) in [5.74, 6) is 0. The molecule has 2 rings (SSSR count). The molecule has 0 unspecified atom stereocenters. The van der Waals surface area contributed by atoms with E-state index in [4.69, 9.17) is 0 Å². The van der Waals surface area contributed by atoms with E-state index < -0.39 is 16.1 Å². The summed E-state index contributed by atoms with van der Waals surface area (Å²) in [6.07, 6.45) is 2.65. The summed E-state index contributed by atoms with van der Waals surface area (Å²) in [7, 11) is -3.58. The number of hydrogen-bond donors (Lipinski definition) is 2. The molecule has 1 aliphatic rings. The summed E-state index contributed by atoms with van der Waals surface area (Å²) in [5.41, 5.74) is 0. The van der Waals surface area contributed by atoms with E-state index in [-0.39, 0.29) is 10.9 Å². The molecule has 1 aromatic rings. The Labute approximate surface area is 116 Å². The van der Waals surface area contributed by atoms with E-state index in [0.717, 1.165) is 12.8 Å². The molecule has 0 aliphatic heterocycles. The normalized spacial score (nSPS) is 25.0. The zero-order valence-corrected chi connectivity index (χ0v) is 12.2. The van der Waals surface area contributed by atoms with Gasteiger partial charge in [-0.25, -0.2) is 13.1 Å². The van der Waals surface area contributed by atoms with E-state index in [2.05, 4.69) is 20.7 Å². The summed E-state index contributed by atoms with van der Waals surface area (Å²) in [6, 6.07) is 6.29. The summed E-state index contributed by atoms with van der Waals surface area (Å²) in [4.78, 5) is 0.211. The SMILES string of the molecule is O=S(=O)(N[C@@H]1CCCC[C@@H]1O)c1ccccc1Br. The average molecular weight is 334 g/mol. The number of halogens is 1. The molecule has 0 heterocycles. The van der Waals surface area contributed by atoms with Crippen molar-refractivity contribution < 1.29 is 13.5 Å². The Hall–Kier alpha value is -0.430. The largest absolute Gasteiger partial charge is 0.391 e. The van der Waals surface area contributed by atoms with Crippen LogP contribution in [-0.4, -0.2) is 25.7 Å². The fourth-order valence-corrected chi connectivity index (χ4v) is 4.48. The number of aliphatic hydroxyl groups is 1. The van der Waals surface area contributed by atoms with E-state index >= 15 is 0 Å². The number of hydrogen-bond acceptors (Lipinski definition) is 3. The Bertz CT molecular complexity index is 518. The standard InChI is InChI=1S/C12H16BrNO3S/c13-9-5-1-4-8-12(9)18(16,17)14-10-6-2-3-7-11(10)15/h1,4-5,8,10-11,14-15H,2-3,6-7H2/t10-,11+/m1/s1. The molecular formula is C12H16BrNO3S. The van der Waals surface area contributed by atoms with Crippen LogP contribution < -0.4 is 4.72 Å². The molecular weight excluding hydrogens is 318 g/mol. The highest BCUT2D eigenvalue weighted by atomic mass is 79.9. The van der Waals surface area contributed by atoms with Gasteiger partial charge in [0, 0.05) is 10.5 Å². The van der Waals surface area contributed by atoms with Crippen LogP contribution in [0, 0.1) is 0 Å². The van der Waals surface area contributed by atoms with Crippen LogP contribution in [0.5, 0.6) is 0 Å². The fraction of sp³-hybridized carbons (Fsp3) is 0.500. The molecule has 0 spiro atoms. The zero-order chi connectivity index (χ0) is 13.2. The average Bonchev–Trinajstić information content (AvgIpc) is 2.32. The third kappa shape index (κ3) is 3.12. The maximum Gasteiger partial charge on any atom is 0.242 e. The van der Waals surface area contributed by atoms with Gasteiger partial charge < -0.3 is 5.11 Å². The molecule has 0 amide bonds. The zero-order valence-electron chi connectivity index (χ0n) is 9.84. The Balaban J connectivity index is 2.19. The Kier molecular flexibility index (Phi) is 4.42. The van der Waals surface area contributed by atoms with Gasteiger partial charge in [-0.3, -0.25) is 0 Å². The monoisotopic (exact) mass is 333 g/mol. The van der Waals surface area contributed by atoms with Crippen LogP contribution in [0.3, 0.4) is 0 Å². The fourth-order valence-electron chi connectivity index (χ4n) is 2.17. The molecule has 0 bridgehead atoms. The van der Waals surface area contributed by atoms with Crippen molar-refractivity contribution in [3.05, 3.63) is 28.7 Å². The smallest absolute Gasteiger partial charge is 0.242 e. The van der Waals surface area contributed by atoms with E-state index in [1.54, 1.807) is 24.3 Å². The van der Waals surface area contributed by atoms with Crippen LogP contribution in [0.4, 0.5) is 0 Å². The Morgan fingerprint density at radius 3 is 2.56 bits per heavy atom. The van der Waals surface area contributed by atoms with Crippen LogP contribution in [-0.2, 0) is 10.0 Å². The molecule has 1 saturated carbocycles. The third-order valence-corrected chi connectivity index (χ3v) is 5.66. The number of nitrogens with one attached hydrogen (secondary N) is 1. The lowest BCUT2D eigenvalue weighted by atomic mass is 9.93. The third-order valence-electron chi connectivity index (χ3n) is 3.16. The summed E-state index contributed by atoms with van der Waals surface area (Å²) < 4.78 is 27.6. The van der Waals surface area contributed by atoms with Crippen molar-refractivity contribution >= 4 is 26.0 Å². The molecule has 1 fully saturated rings. The second-order valence-corrected chi connectivity index (χ2v) is 7.05. The van der Waals surface area contributed by atoms with Crippen LogP contribution in [0.25, 0.3) is 0 Å². The van der Waals surface area contributed by atoms with Gasteiger partial charge in [0.15, 0.2) is 0 Å². The van der Waals surface area contributed by atoms with Gasteiger partial charge in [0.25, 0.3) is 0 Å². The topological polar surface area (TPSA) is 66.4 Å². The van der Waals surface area contributed by atoms with Crippen molar-refractivity contribution in [3.63, 3.8) is 0 Å². The van der Waals surface area contributed by atoms with Gasteiger partial charge in [-0.05, 0) is 40.9 Å². The van der Waals surface area contributed by atoms with E-state index in [1.807, 2.05) is 0 Å². The number of rotatable bonds is 3. The van der Waals surface area contributed by atoms with Gasteiger partial charge in [0.1, 0.15) is 0 Å². The maximum absolute atomic E-state index is 12.2. The molecule has 2 N–H and O–H groups in total. The van der Waals surface area contributed by atoms with Crippen molar-refractivity contribution in [1.29, 1.82) is 0 Å². The minimum Gasteiger partial charge on any atom is -0.391 e. The van der Waals surface area contributed by atoms with Gasteiger partial charge in [-0.2, -0.15) is 0 Å². The van der Waals surface area contributed by atoms with Crippen molar-refractivity contribution in [2.75, 3.05) is 0 Å². The molecule has 100 valence electrons. The lowest BCUT2D eigenvalue weighted by Gasteiger charge is -2.28. The van der Waals surface area contributed by atoms with Crippen LogP contribution in [0.1, 0.15) is 25.7 Å². The lowest BCUT2D eigenvalue weighted by Crippen LogP contribution is -2.45. The first-order valence-electron chi connectivity index (χ1n) is 5.95. The molecule has 0 radical (unpaired) electrons. The predicted octanol–water partition coefficient (Wildman–Crippen LogP) is 2.03. The molecule has 1 aromatic carbocycles. The predicted molar refractivity (Wildman–Crippen MR) is 72.7 cm³/mol. The Morgan fingerprint density at radius 2 is 1.89 bits per heavy atom. The first-order valence-corrected chi connectivity index (χ1v) is 8.23. The highest BCUT2D eigenvalue weighted by Gasteiger charge is 2.28. The van der Waals surface area contributed by atoms with Crippen molar-refractivity contribution in [2.45, 2.75) is 42.7 Å². The van der Waals surface area contributed by atoms with Gasteiger partial charge in [0.05, 0.1) is 11.0 Å². The summed E-state index contributed by atoms with van der Waals surface area (Å²) in [6.45, 7) is 0. The Morgan fingerprint density at radius 1 is 1.22 bits per heavy atom. The van der Waals surface area contributed by atoms with Crippen LogP contribution in [0.2, 0.25) is 0 Å². The van der Waals surface area contributed by atoms with Crippen LogP contribution >= 0.6 is 15.9 Å². The second kappa shape index (κ2) is 5.69. The van der Waals surface area contributed by atoms with E-state index in [9.17, 15) is 13.5 Å². The molecule has 0 aromatic heterocycles. The van der Waals surface area contributed by atoms with E-state index in [1.165, 1.54) is 0 Å². The quantitative estimate of drug-likeness (QED) is 0.889. The lowest BCUT2D eigenvalue weighted by molar-refractivity contribution is 0.101. The highest BCUT2D eigenvalue weighted by molar-refractivity contribution is 9.10. The number of sulfonamides is 1. The van der Waals surface area contributed by atoms with Gasteiger partial charge >= 0.3 is 0 Å². The van der Waals surface area contributed by atoms with E-state index in [0.29, 0.717) is 17.3 Å². The van der Waals surface area contributed by atoms with Gasteiger partial charge in [-0.15, -0.1) is 0 Å².